The lowest BCUT2D eigenvalue weighted by Gasteiger charge is -2.39. The van der Waals surface area contributed by atoms with Crippen molar-refractivity contribution in [2.75, 3.05) is 13.1 Å². The lowest BCUT2D eigenvalue weighted by Crippen LogP contribution is -2.63. The van der Waals surface area contributed by atoms with Crippen molar-refractivity contribution in [3.63, 3.8) is 0 Å². The summed E-state index contributed by atoms with van der Waals surface area (Å²) in [6, 6.07) is 0. The topological polar surface area (TPSA) is 79.4 Å². The highest BCUT2D eigenvalue weighted by Crippen LogP contribution is 2.30. The van der Waals surface area contributed by atoms with Crippen molar-refractivity contribution < 1.29 is 13.2 Å². The molecule has 1 aromatic heterocycles. The van der Waals surface area contributed by atoms with Crippen LogP contribution >= 0.6 is 22.9 Å². The molecule has 1 fully saturated rings. The lowest BCUT2D eigenvalue weighted by atomic mass is 10.0. The van der Waals surface area contributed by atoms with E-state index in [0.717, 1.165) is 11.3 Å². The van der Waals surface area contributed by atoms with E-state index in [9.17, 15) is 13.2 Å². The predicted octanol–water partition coefficient (Wildman–Crippen LogP) is 0.696. The number of hydrogen-bond acceptors (Lipinski definition) is 5. The molecule has 1 aliphatic rings. The summed E-state index contributed by atoms with van der Waals surface area (Å²) in [4.78, 5) is 15.5. The van der Waals surface area contributed by atoms with Gasteiger partial charge in [0.25, 0.3) is 10.0 Å². The minimum Gasteiger partial charge on any atom is -0.353 e. The fraction of sp³-hybridized carbons (Fsp3) is 0.556. The summed E-state index contributed by atoms with van der Waals surface area (Å²) in [6.45, 7) is 3.67. The molecule has 1 aromatic rings. The minimum absolute atomic E-state index is 0.0512. The van der Waals surface area contributed by atoms with Gasteiger partial charge in [0.1, 0.15) is 5.54 Å². The molecule has 0 aromatic carbocycles. The molecule has 0 saturated carbocycles. The normalized spacial score (nSPS) is 20.7. The van der Waals surface area contributed by atoms with Gasteiger partial charge in [-0.2, -0.15) is 4.31 Å². The van der Waals surface area contributed by atoms with Crippen LogP contribution in [-0.4, -0.2) is 42.2 Å². The Morgan fingerprint density at radius 1 is 1.56 bits per heavy atom. The van der Waals surface area contributed by atoms with Crippen LogP contribution < -0.4 is 5.32 Å². The molecule has 0 atom stereocenters. The van der Waals surface area contributed by atoms with Crippen molar-refractivity contribution >= 4 is 38.9 Å². The molecule has 1 aliphatic heterocycles. The number of thiazole rings is 1. The van der Waals surface area contributed by atoms with Crippen molar-refractivity contribution in [1.82, 2.24) is 14.6 Å². The molecule has 1 N–H and O–H groups in total. The Labute approximate surface area is 114 Å². The zero-order valence-corrected chi connectivity index (χ0v) is 12.2. The third kappa shape index (κ3) is 2.13. The van der Waals surface area contributed by atoms with Gasteiger partial charge in [0.05, 0.1) is 6.20 Å². The highest BCUT2D eigenvalue weighted by Gasteiger charge is 2.45. The molecule has 0 aliphatic carbocycles. The molecule has 0 spiro atoms. The first-order valence-corrected chi connectivity index (χ1v) is 7.82. The maximum Gasteiger partial charge on any atom is 0.255 e. The molecule has 1 saturated heterocycles. The zero-order chi connectivity index (χ0) is 13.6. The molecule has 18 heavy (non-hydrogen) atoms. The summed E-state index contributed by atoms with van der Waals surface area (Å²) in [7, 11) is -3.74. The molecular weight excluding hydrogens is 298 g/mol. The lowest BCUT2D eigenvalue weighted by molar-refractivity contribution is -0.131. The second kappa shape index (κ2) is 4.44. The molecular formula is C9H12ClN3O3S2. The molecule has 0 unspecified atom stereocenters. The molecule has 100 valence electrons. The van der Waals surface area contributed by atoms with Crippen LogP contribution in [0.2, 0.25) is 4.47 Å². The molecule has 2 rings (SSSR count). The van der Waals surface area contributed by atoms with Gasteiger partial charge in [0.15, 0.2) is 8.68 Å². The van der Waals surface area contributed by atoms with Gasteiger partial charge in [-0.25, -0.2) is 13.4 Å². The summed E-state index contributed by atoms with van der Waals surface area (Å²) in [5.41, 5.74) is -1.12. The average molecular weight is 310 g/mol. The van der Waals surface area contributed by atoms with Crippen LogP contribution in [0.25, 0.3) is 0 Å². The summed E-state index contributed by atoms with van der Waals surface area (Å²) in [5, 5.41) is 2.65. The Kier molecular flexibility index (Phi) is 3.39. The highest BCUT2D eigenvalue weighted by molar-refractivity contribution is 7.91. The standard InChI is InChI=1S/C9H12ClN3O3S2/c1-9(2)7(14)11-3-4-13(9)18(15,16)6-5-12-8(10)17-6/h5H,3-4H2,1-2H3,(H,11,14). The number of sulfonamides is 1. The van der Waals surface area contributed by atoms with Gasteiger partial charge in [-0.3, -0.25) is 4.79 Å². The number of nitrogens with one attached hydrogen (secondary N) is 1. The van der Waals surface area contributed by atoms with Crippen molar-refractivity contribution in [2.24, 2.45) is 0 Å². The fourth-order valence-corrected chi connectivity index (χ4v) is 4.93. The van der Waals surface area contributed by atoms with Gasteiger partial charge in [0, 0.05) is 13.1 Å². The Balaban J connectivity index is 2.44. The maximum atomic E-state index is 12.4. The molecule has 0 bridgehead atoms. The molecule has 9 heteroatoms. The number of aromatic nitrogens is 1. The number of carbonyl (C=O) groups excluding carboxylic acids is 1. The minimum atomic E-state index is -3.74. The number of piperazine rings is 1. The van der Waals surface area contributed by atoms with E-state index in [0.29, 0.717) is 6.54 Å². The van der Waals surface area contributed by atoms with E-state index in [4.69, 9.17) is 11.6 Å². The number of amides is 1. The van der Waals surface area contributed by atoms with Crippen LogP contribution in [0.15, 0.2) is 10.4 Å². The van der Waals surface area contributed by atoms with Crippen molar-refractivity contribution in [3.05, 3.63) is 10.7 Å². The zero-order valence-electron chi connectivity index (χ0n) is 9.81. The van der Waals surface area contributed by atoms with E-state index < -0.39 is 15.6 Å². The number of rotatable bonds is 2. The largest absolute Gasteiger partial charge is 0.353 e. The van der Waals surface area contributed by atoms with Crippen LogP contribution in [-0.2, 0) is 14.8 Å². The van der Waals surface area contributed by atoms with Crippen LogP contribution in [0.5, 0.6) is 0 Å². The van der Waals surface area contributed by atoms with Gasteiger partial charge >= 0.3 is 0 Å². The fourth-order valence-electron chi connectivity index (χ4n) is 1.77. The van der Waals surface area contributed by atoms with E-state index in [1.807, 2.05) is 0 Å². The van der Waals surface area contributed by atoms with Crippen molar-refractivity contribution in [3.8, 4) is 0 Å². The SMILES string of the molecule is CC1(C)C(=O)NCCN1S(=O)(=O)c1cnc(Cl)s1. The summed E-state index contributed by atoms with van der Waals surface area (Å²) in [6.07, 6.45) is 1.21. The second-order valence-electron chi connectivity index (χ2n) is 4.32. The van der Waals surface area contributed by atoms with E-state index in [2.05, 4.69) is 10.3 Å². The first-order valence-electron chi connectivity index (χ1n) is 5.19. The number of carbonyl (C=O) groups is 1. The van der Waals surface area contributed by atoms with Gasteiger partial charge in [0.2, 0.25) is 5.91 Å². The maximum absolute atomic E-state index is 12.4. The summed E-state index contributed by atoms with van der Waals surface area (Å²) < 4.78 is 26.2. The Morgan fingerprint density at radius 3 is 2.78 bits per heavy atom. The predicted molar refractivity (Wildman–Crippen MR) is 68.1 cm³/mol. The van der Waals surface area contributed by atoms with Crippen molar-refractivity contribution in [1.29, 1.82) is 0 Å². The summed E-state index contributed by atoms with van der Waals surface area (Å²) in [5.74, 6) is -0.312. The van der Waals surface area contributed by atoms with E-state index in [1.54, 1.807) is 13.8 Å². The van der Waals surface area contributed by atoms with Crippen LogP contribution in [0.3, 0.4) is 0 Å². The highest BCUT2D eigenvalue weighted by atomic mass is 35.5. The monoisotopic (exact) mass is 309 g/mol. The molecule has 2 heterocycles. The first kappa shape index (κ1) is 13.7. The Morgan fingerprint density at radius 2 is 2.22 bits per heavy atom. The van der Waals surface area contributed by atoms with Gasteiger partial charge in [-0.1, -0.05) is 22.9 Å². The van der Waals surface area contributed by atoms with Crippen LogP contribution in [0, 0.1) is 0 Å². The number of nitrogens with zero attached hydrogens (tertiary/aromatic N) is 2. The molecule has 6 nitrogen and oxygen atoms in total. The second-order valence-corrected chi connectivity index (χ2v) is 8.03. The Bertz CT molecular complexity index is 582. The quantitative estimate of drug-likeness (QED) is 0.872. The number of hydrogen-bond donors (Lipinski definition) is 1. The van der Waals surface area contributed by atoms with Gasteiger partial charge < -0.3 is 5.32 Å². The summed E-state index contributed by atoms with van der Waals surface area (Å²) >= 11 is 6.53. The third-order valence-electron chi connectivity index (χ3n) is 2.78. The Hall–Kier alpha value is -0.700. The average Bonchev–Trinajstić information content (AvgIpc) is 2.69. The molecule has 1 amide bonds. The van der Waals surface area contributed by atoms with Crippen LogP contribution in [0.4, 0.5) is 0 Å². The van der Waals surface area contributed by atoms with E-state index >= 15 is 0 Å². The number of halogens is 1. The van der Waals surface area contributed by atoms with Crippen LogP contribution in [0.1, 0.15) is 13.8 Å². The van der Waals surface area contributed by atoms with E-state index in [1.165, 1.54) is 10.5 Å². The van der Waals surface area contributed by atoms with E-state index in [-0.39, 0.29) is 21.1 Å². The third-order valence-corrected chi connectivity index (χ3v) is 6.40. The van der Waals surface area contributed by atoms with Crippen molar-refractivity contribution in [2.45, 2.75) is 23.6 Å². The first-order chi connectivity index (χ1) is 8.26. The molecule has 0 radical (unpaired) electrons. The van der Waals surface area contributed by atoms with Gasteiger partial charge in [-0.05, 0) is 13.8 Å². The smallest absolute Gasteiger partial charge is 0.255 e. The van der Waals surface area contributed by atoms with Gasteiger partial charge in [-0.15, -0.1) is 0 Å².